The Kier molecular flexibility index (Phi) is 4.15. The molecule has 9 heteroatoms. The van der Waals surface area contributed by atoms with Crippen molar-refractivity contribution in [1.82, 2.24) is 30.0 Å². The molecule has 3 heterocycles. The summed E-state index contributed by atoms with van der Waals surface area (Å²) in [6, 6.07) is 7.91. The second-order valence-corrected chi connectivity index (χ2v) is 6.11. The number of fused-ring (bicyclic) bond motifs is 1. The van der Waals surface area contributed by atoms with Gasteiger partial charge in [-0.05, 0) is 24.6 Å². The average Bonchev–Trinajstić information content (AvgIpc) is 3.30. The number of aromatic nitrogens is 5. The van der Waals surface area contributed by atoms with E-state index in [0.717, 1.165) is 36.2 Å². The van der Waals surface area contributed by atoms with Crippen LogP contribution in [0.3, 0.4) is 0 Å². The number of amides is 1. The fourth-order valence-electron chi connectivity index (χ4n) is 3.10. The lowest BCUT2D eigenvalue weighted by atomic mass is 10.2. The summed E-state index contributed by atoms with van der Waals surface area (Å²) in [6.07, 6.45) is 5.61. The Morgan fingerprint density at radius 3 is 2.92 bits per heavy atom. The zero-order valence-corrected chi connectivity index (χ0v) is 13.9. The highest BCUT2D eigenvalue weighted by Crippen LogP contribution is 2.23. The number of anilines is 1. The molecule has 130 valence electrons. The van der Waals surface area contributed by atoms with Crippen molar-refractivity contribution in [3.8, 4) is 6.07 Å². The lowest BCUT2D eigenvalue weighted by Crippen LogP contribution is -2.39. The number of rotatable bonds is 4. The largest absolute Gasteiger partial charge is 0.369 e. The molecule has 9 nitrogen and oxygen atoms in total. The third kappa shape index (κ3) is 3.30. The first-order chi connectivity index (χ1) is 12.7. The average molecular weight is 348 g/mol. The summed E-state index contributed by atoms with van der Waals surface area (Å²) >= 11 is 0. The van der Waals surface area contributed by atoms with E-state index in [0.29, 0.717) is 0 Å². The van der Waals surface area contributed by atoms with Crippen LogP contribution in [0.5, 0.6) is 0 Å². The Labute approximate surface area is 149 Å². The van der Waals surface area contributed by atoms with E-state index in [1.54, 1.807) is 12.4 Å². The van der Waals surface area contributed by atoms with Crippen molar-refractivity contribution in [2.45, 2.75) is 19.0 Å². The number of nitriles is 1. The van der Waals surface area contributed by atoms with Gasteiger partial charge in [0.1, 0.15) is 18.9 Å². The van der Waals surface area contributed by atoms with E-state index in [9.17, 15) is 4.79 Å². The molecule has 26 heavy (non-hydrogen) atoms. The predicted octanol–water partition coefficient (Wildman–Crippen LogP) is 0.488. The van der Waals surface area contributed by atoms with Crippen LogP contribution in [0.1, 0.15) is 12.2 Å². The normalized spacial score (nSPS) is 16.6. The molecule has 1 aliphatic heterocycles. The predicted molar refractivity (Wildman–Crippen MR) is 93.0 cm³/mol. The maximum atomic E-state index is 12.2. The Morgan fingerprint density at radius 2 is 2.12 bits per heavy atom. The van der Waals surface area contributed by atoms with E-state index in [4.69, 9.17) is 5.26 Å². The van der Waals surface area contributed by atoms with E-state index in [2.05, 4.69) is 30.3 Å². The number of hydrogen-bond donors (Lipinski definition) is 1. The fourth-order valence-corrected chi connectivity index (χ4v) is 3.10. The monoisotopic (exact) mass is 348 g/mol. The van der Waals surface area contributed by atoms with Crippen LogP contribution >= 0.6 is 0 Å². The first kappa shape index (κ1) is 16.0. The molecule has 4 rings (SSSR count). The van der Waals surface area contributed by atoms with Crippen LogP contribution in [0.15, 0.2) is 36.9 Å². The maximum Gasteiger partial charge on any atom is 0.252 e. The smallest absolute Gasteiger partial charge is 0.252 e. The van der Waals surface area contributed by atoms with Crippen molar-refractivity contribution in [1.29, 1.82) is 5.26 Å². The highest BCUT2D eigenvalue weighted by molar-refractivity contribution is 5.79. The van der Waals surface area contributed by atoms with E-state index < -0.39 is 0 Å². The van der Waals surface area contributed by atoms with Crippen molar-refractivity contribution in [2.24, 2.45) is 0 Å². The van der Waals surface area contributed by atoms with Crippen LogP contribution in [-0.4, -0.2) is 49.8 Å². The van der Waals surface area contributed by atoms with Crippen LogP contribution in [0, 0.1) is 11.3 Å². The van der Waals surface area contributed by atoms with Gasteiger partial charge in [-0.15, -0.1) is 5.10 Å². The van der Waals surface area contributed by atoms with Gasteiger partial charge in [0.2, 0.25) is 5.91 Å². The number of carbonyl (C=O) groups excluding carboxylic acids is 1. The van der Waals surface area contributed by atoms with Crippen LogP contribution in [0.4, 0.5) is 5.69 Å². The molecule has 0 saturated carbocycles. The van der Waals surface area contributed by atoms with Gasteiger partial charge in [0.25, 0.3) is 5.82 Å². The molecular weight excluding hydrogens is 332 g/mol. The van der Waals surface area contributed by atoms with Gasteiger partial charge in [-0.2, -0.15) is 5.26 Å². The second kappa shape index (κ2) is 6.76. The van der Waals surface area contributed by atoms with Gasteiger partial charge in [-0.25, -0.2) is 9.67 Å². The van der Waals surface area contributed by atoms with Gasteiger partial charge >= 0.3 is 0 Å². The Bertz CT molecular complexity index is 992. The number of nitrogens with one attached hydrogen (secondary N) is 1. The lowest BCUT2D eigenvalue weighted by molar-refractivity contribution is -0.122. The number of carbonyl (C=O) groups is 1. The standard InChI is InChI=1S/C17H16N8O/c18-8-16-21-11-25(23-16)10-17(26)22-12-3-6-24(9-12)13-1-2-14-15(7-13)20-5-4-19-14/h1-2,4-5,7,11-12H,3,6,9-10H2,(H,22,26)/t12-/m0/s1. The minimum Gasteiger partial charge on any atom is -0.369 e. The van der Waals surface area contributed by atoms with Crippen molar-refractivity contribution in [2.75, 3.05) is 18.0 Å². The first-order valence-electron chi connectivity index (χ1n) is 8.26. The molecule has 1 aliphatic rings. The molecule has 0 aliphatic carbocycles. The third-order valence-corrected chi connectivity index (χ3v) is 4.31. The molecule has 0 spiro atoms. The van der Waals surface area contributed by atoms with Crippen molar-refractivity contribution >= 4 is 22.6 Å². The molecule has 1 N–H and O–H groups in total. The highest BCUT2D eigenvalue weighted by atomic mass is 16.2. The number of nitrogens with zero attached hydrogens (tertiary/aromatic N) is 7. The van der Waals surface area contributed by atoms with E-state index >= 15 is 0 Å². The zero-order chi connectivity index (χ0) is 17.9. The molecule has 0 bridgehead atoms. The number of hydrogen-bond acceptors (Lipinski definition) is 7. The van der Waals surface area contributed by atoms with Gasteiger partial charge in [-0.1, -0.05) is 0 Å². The summed E-state index contributed by atoms with van der Waals surface area (Å²) in [5, 5.41) is 15.6. The molecular formula is C17H16N8O. The molecule has 2 aromatic heterocycles. The molecule has 1 fully saturated rings. The van der Waals surface area contributed by atoms with Gasteiger partial charge in [0.15, 0.2) is 0 Å². The molecule has 1 atom stereocenters. The van der Waals surface area contributed by atoms with Crippen LogP contribution in [0.2, 0.25) is 0 Å². The van der Waals surface area contributed by atoms with E-state index in [-0.39, 0.29) is 24.3 Å². The summed E-state index contributed by atoms with van der Waals surface area (Å²) < 4.78 is 1.36. The topological polar surface area (TPSA) is 113 Å². The molecule has 0 unspecified atom stereocenters. The second-order valence-electron chi connectivity index (χ2n) is 6.11. The summed E-state index contributed by atoms with van der Waals surface area (Å²) in [7, 11) is 0. The minimum absolute atomic E-state index is 0.0523. The Hall–Kier alpha value is -3.54. The molecule has 1 saturated heterocycles. The van der Waals surface area contributed by atoms with E-state index in [1.165, 1.54) is 11.0 Å². The van der Waals surface area contributed by atoms with E-state index in [1.807, 2.05) is 24.3 Å². The highest BCUT2D eigenvalue weighted by Gasteiger charge is 2.24. The van der Waals surface area contributed by atoms with Crippen molar-refractivity contribution < 1.29 is 4.79 Å². The quantitative estimate of drug-likeness (QED) is 0.730. The SMILES string of the molecule is N#Cc1ncn(CC(=O)N[C@H]2CCN(c3ccc4nccnc4c3)C2)n1. The van der Waals surface area contributed by atoms with Crippen molar-refractivity contribution in [3.05, 3.63) is 42.7 Å². The summed E-state index contributed by atoms with van der Waals surface area (Å²) in [6.45, 7) is 1.65. The molecule has 1 amide bonds. The minimum atomic E-state index is -0.143. The van der Waals surface area contributed by atoms with Crippen LogP contribution in [0.25, 0.3) is 11.0 Å². The van der Waals surface area contributed by atoms with Crippen LogP contribution < -0.4 is 10.2 Å². The maximum absolute atomic E-state index is 12.2. The summed E-state index contributed by atoms with van der Waals surface area (Å²) in [5.41, 5.74) is 2.80. The third-order valence-electron chi connectivity index (χ3n) is 4.31. The Morgan fingerprint density at radius 1 is 1.27 bits per heavy atom. The van der Waals surface area contributed by atoms with Gasteiger partial charge in [0, 0.05) is 37.2 Å². The molecule has 0 radical (unpaired) electrons. The molecule has 1 aromatic carbocycles. The summed E-state index contributed by atoms with van der Waals surface area (Å²) in [5.74, 6) is -0.0835. The Balaban J connectivity index is 1.36. The summed E-state index contributed by atoms with van der Waals surface area (Å²) in [4.78, 5) is 26.8. The lowest BCUT2D eigenvalue weighted by Gasteiger charge is -2.19. The number of benzene rings is 1. The van der Waals surface area contributed by atoms with Crippen LogP contribution in [-0.2, 0) is 11.3 Å². The van der Waals surface area contributed by atoms with Crippen molar-refractivity contribution in [3.63, 3.8) is 0 Å². The van der Waals surface area contributed by atoms with Gasteiger partial charge < -0.3 is 10.2 Å². The van der Waals surface area contributed by atoms with Gasteiger partial charge in [-0.3, -0.25) is 14.8 Å². The zero-order valence-electron chi connectivity index (χ0n) is 13.9. The fraction of sp³-hybridized carbons (Fsp3) is 0.294. The first-order valence-corrected chi connectivity index (χ1v) is 8.26. The van der Waals surface area contributed by atoms with Gasteiger partial charge in [0.05, 0.1) is 11.0 Å². The molecule has 3 aromatic rings.